The lowest BCUT2D eigenvalue weighted by atomic mass is 10.0. The number of benzene rings is 2. The maximum Gasteiger partial charge on any atom is 0.185 e. The molecule has 0 fully saturated rings. The van der Waals surface area contributed by atoms with Crippen LogP contribution < -0.4 is 0 Å². The monoisotopic (exact) mass is 264 g/mol. The van der Waals surface area contributed by atoms with E-state index in [4.69, 9.17) is 0 Å². The zero-order chi connectivity index (χ0) is 14.5. The third-order valence-electron chi connectivity index (χ3n) is 3.37. The van der Waals surface area contributed by atoms with E-state index in [0.717, 1.165) is 16.7 Å². The summed E-state index contributed by atoms with van der Waals surface area (Å²) < 4.78 is 0. The molecule has 102 valence electrons. The van der Waals surface area contributed by atoms with Crippen LogP contribution in [0.3, 0.4) is 0 Å². The fourth-order valence-corrected chi connectivity index (χ4v) is 1.98. The van der Waals surface area contributed by atoms with Crippen LogP contribution in [0.4, 0.5) is 0 Å². The minimum absolute atomic E-state index is 0.0398. The van der Waals surface area contributed by atoms with Crippen molar-refractivity contribution in [3.8, 4) is 0 Å². The molecule has 0 saturated heterocycles. The van der Waals surface area contributed by atoms with Gasteiger partial charge in [-0.2, -0.15) is 0 Å². The van der Waals surface area contributed by atoms with Crippen molar-refractivity contribution >= 4 is 11.9 Å². The number of carbonyl (C=O) groups is 1. The smallest absolute Gasteiger partial charge is 0.185 e. The van der Waals surface area contributed by atoms with Crippen molar-refractivity contribution in [1.29, 1.82) is 0 Å². The van der Waals surface area contributed by atoms with Gasteiger partial charge in [0.1, 0.15) is 0 Å². The second-order valence-corrected chi connectivity index (χ2v) is 5.38. The maximum atomic E-state index is 12.0. The summed E-state index contributed by atoms with van der Waals surface area (Å²) in [5.74, 6) is 0.570. The molecule has 0 aliphatic carbocycles. The zero-order valence-electron chi connectivity index (χ0n) is 12.3. The second kappa shape index (κ2) is 6.33. The van der Waals surface area contributed by atoms with E-state index >= 15 is 0 Å². The summed E-state index contributed by atoms with van der Waals surface area (Å²) in [4.78, 5) is 12.0. The molecule has 0 atom stereocenters. The molecule has 0 N–H and O–H groups in total. The molecule has 2 rings (SSSR count). The van der Waals surface area contributed by atoms with E-state index < -0.39 is 0 Å². The molecule has 0 heterocycles. The lowest BCUT2D eigenvalue weighted by Gasteiger charge is -2.04. The third kappa shape index (κ3) is 3.67. The predicted molar refractivity (Wildman–Crippen MR) is 85.1 cm³/mol. The second-order valence-electron chi connectivity index (χ2n) is 5.38. The Balaban J connectivity index is 2.08. The first-order valence-electron chi connectivity index (χ1n) is 6.95. The number of allylic oxidation sites excluding steroid dienone is 1. The average molecular weight is 264 g/mol. The first kappa shape index (κ1) is 14.3. The lowest BCUT2D eigenvalue weighted by molar-refractivity contribution is 0.104. The van der Waals surface area contributed by atoms with Gasteiger partial charge in [-0.15, -0.1) is 0 Å². The largest absolute Gasteiger partial charge is 0.289 e. The Morgan fingerprint density at radius 1 is 0.950 bits per heavy atom. The van der Waals surface area contributed by atoms with Crippen molar-refractivity contribution in [3.63, 3.8) is 0 Å². The Bertz CT molecular complexity index is 601. The van der Waals surface area contributed by atoms with Gasteiger partial charge in [0.2, 0.25) is 0 Å². The molecular formula is C19H20O. The van der Waals surface area contributed by atoms with Gasteiger partial charge >= 0.3 is 0 Å². The van der Waals surface area contributed by atoms with Gasteiger partial charge < -0.3 is 0 Å². The molecule has 0 saturated carbocycles. The number of carbonyl (C=O) groups excluding carboxylic acids is 1. The molecule has 0 aliphatic rings. The SMILES string of the molecule is Cc1ccc(C(=O)C=Cc2ccc(C(C)C)cc2)cc1. The summed E-state index contributed by atoms with van der Waals surface area (Å²) in [6, 6.07) is 16.0. The van der Waals surface area contributed by atoms with Crippen LogP contribution in [0.2, 0.25) is 0 Å². The Kier molecular flexibility index (Phi) is 4.52. The van der Waals surface area contributed by atoms with Crippen LogP contribution in [0.15, 0.2) is 54.6 Å². The molecular weight excluding hydrogens is 244 g/mol. The van der Waals surface area contributed by atoms with E-state index in [9.17, 15) is 4.79 Å². The van der Waals surface area contributed by atoms with E-state index in [2.05, 4.69) is 26.0 Å². The number of aryl methyl sites for hydroxylation is 1. The molecule has 0 amide bonds. The molecule has 2 aromatic rings. The van der Waals surface area contributed by atoms with Crippen LogP contribution in [-0.2, 0) is 0 Å². The Morgan fingerprint density at radius 3 is 2.10 bits per heavy atom. The first-order chi connectivity index (χ1) is 9.56. The predicted octanol–water partition coefficient (Wildman–Crippen LogP) is 5.01. The van der Waals surface area contributed by atoms with Gasteiger partial charge in [0.15, 0.2) is 5.78 Å². The minimum Gasteiger partial charge on any atom is -0.289 e. The van der Waals surface area contributed by atoms with E-state index in [1.165, 1.54) is 5.56 Å². The normalized spacial score (nSPS) is 11.2. The summed E-state index contributed by atoms with van der Waals surface area (Å²) >= 11 is 0. The summed E-state index contributed by atoms with van der Waals surface area (Å²) in [6.45, 7) is 6.36. The summed E-state index contributed by atoms with van der Waals surface area (Å²) in [7, 11) is 0. The Morgan fingerprint density at radius 2 is 1.55 bits per heavy atom. The van der Waals surface area contributed by atoms with E-state index in [1.54, 1.807) is 6.08 Å². The van der Waals surface area contributed by atoms with Crippen LogP contribution >= 0.6 is 0 Å². The van der Waals surface area contributed by atoms with Gasteiger partial charge in [0.05, 0.1) is 0 Å². The van der Waals surface area contributed by atoms with Gasteiger partial charge in [-0.1, -0.05) is 74.0 Å². The quantitative estimate of drug-likeness (QED) is 0.560. The highest BCUT2D eigenvalue weighted by Crippen LogP contribution is 2.15. The highest BCUT2D eigenvalue weighted by molar-refractivity contribution is 6.06. The summed E-state index contributed by atoms with van der Waals surface area (Å²) in [6.07, 6.45) is 3.50. The molecule has 2 aromatic carbocycles. The zero-order valence-corrected chi connectivity index (χ0v) is 12.3. The number of hydrogen-bond acceptors (Lipinski definition) is 1. The van der Waals surface area contributed by atoms with Crippen molar-refractivity contribution in [1.82, 2.24) is 0 Å². The van der Waals surface area contributed by atoms with Crippen molar-refractivity contribution in [3.05, 3.63) is 76.9 Å². The molecule has 0 aromatic heterocycles. The van der Waals surface area contributed by atoms with Crippen LogP contribution in [0.25, 0.3) is 6.08 Å². The fraction of sp³-hybridized carbons (Fsp3) is 0.211. The van der Waals surface area contributed by atoms with Crippen LogP contribution in [0.1, 0.15) is 46.8 Å². The number of ketones is 1. The van der Waals surface area contributed by atoms with E-state index in [1.807, 2.05) is 49.4 Å². The molecule has 1 heteroatoms. The van der Waals surface area contributed by atoms with E-state index in [-0.39, 0.29) is 5.78 Å². The number of hydrogen-bond donors (Lipinski definition) is 0. The molecule has 0 radical (unpaired) electrons. The Hall–Kier alpha value is -2.15. The maximum absolute atomic E-state index is 12.0. The molecule has 0 unspecified atom stereocenters. The number of rotatable bonds is 4. The molecule has 0 spiro atoms. The first-order valence-corrected chi connectivity index (χ1v) is 6.95. The van der Waals surface area contributed by atoms with Crippen molar-refractivity contribution in [2.24, 2.45) is 0 Å². The molecule has 0 aliphatic heterocycles. The summed E-state index contributed by atoms with van der Waals surface area (Å²) in [5, 5.41) is 0. The molecule has 0 bridgehead atoms. The molecule has 20 heavy (non-hydrogen) atoms. The standard InChI is InChI=1S/C19H20O/c1-14(2)17-11-6-16(7-12-17)8-13-19(20)18-9-4-15(3)5-10-18/h4-14H,1-3H3. The van der Waals surface area contributed by atoms with Gasteiger partial charge in [-0.3, -0.25) is 4.79 Å². The van der Waals surface area contributed by atoms with Gasteiger partial charge in [0, 0.05) is 5.56 Å². The Labute approximate surface area is 121 Å². The topological polar surface area (TPSA) is 17.1 Å². The lowest BCUT2D eigenvalue weighted by Crippen LogP contribution is -1.93. The minimum atomic E-state index is 0.0398. The third-order valence-corrected chi connectivity index (χ3v) is 3.37. The van der Waals surface area contributed by atoms with Gasteiger partial charge in [-0.25, -0.2) is 0 Å². The van der Waals surface area contributed by atoms with Crippen LogP contribution in [-0.4, -0.2) is 5.78 Å². The van der Waals surface area contributed by atoms with Crippen molar-refractivity contribution in [2.45, 2.75) is 26.7 Å². The van der Waals surface area contributed by atoms with Crippen LogP contribution in [0.5, 0.6) is 0 Å². The van der Waals surface area contributed by atoms with E-state index in [0.29, 0.717) is 5.92 Å². The fourth-order valence-electron chi connectivity index (χ4n) is 1.98. The highest BCUT2D eigenvalue weighted by atomic mass is 16.1. The van der Waals surface area contributed by atoms with Crippen molar-refractivity contribution in [2.75, 3.05) is 0 Å². The van der Waals surface area contributed by atoms with Crippen molar-refractivity contribution < 1.29 is 4.79 Å². The molecule has 1 nitrogen and oxygen atoms in total. The summed E-state index contributed by atoms with van der Waals surface area (Å²) in [5.41, 5.74) is 4.25. The van der Waals surface area contributed by atoms with Crippen LogP contribution in [0, 0.1) is 6.92 Å². The average Bonchev–Trinajstić information content (AvgIpc) is 2.46. The highest BCUT2D eigenvalue weighted by Gasteiger charge is 2.01. The van der Waals surface area contributed by atoms with Gasteiger partial charge in [-0.05, 0) is 30.0 Å². The van der Waals surface area contributed by atoms with Gasteiger partial charge in [0.25, 0.3) is 0 Å².